The summed E-state index contributed by atoms with van der Waals surface area (Å²) in [4.78, 5) is 0. The van der Waals surface area contributed by atoms with Crippen molar-refractivity contribution in [3.63, 3.8) is 0 Å². The Balaban J connectivity index is 2.17. The van der Waals surface area contributed by atoms with Gasteiger partial charge in [-0.15, -0.1) is 0 Å². The second kappa shape index (κ2) is 2.75. The second-order valence-corrected chi connectivity index (χ2v) is 3.24. The van der Waals surface area contributed by atoms with Gasteiger partial charge in [-0.05, 0) is 12.8 Å². The predicted octanol–water partition coefficient (Wildman–Crippen LogP) is 2.96. The van der Waals surface area contributed by atoms with E-state index in [2.05, 4.69) is 9.68 Å². The smallest absolute Gasteiger partial charge is 0.361 e. The summed E-state index contributed by atoms with van der Waals surface area (Å²) in [5.74, 6) is 0.530. The lowest BCUT2D eigenvalue weighted by Crippen LogP contribution is -2.08. The fourth-order valence-corrected chi connectivity index (χ4v) is 1.31. The molecule has 72 valence electrons. The predicted molar refractivity (Wildman–Crippen MR) is 38.1 cm³/mol. The molecule has 0 amide bonds. The number of nitrogens with zero attached hydrogens (tertiary/aromatic N) is 1. The van der Waals surface area contributed by atoms with Gasteiger partial charge in [-0.3, -0.25) is 0 Å². The Morgan fingerprint density at radius 3 is 2.46 bits per heavy atom. The summed E-state index contributed by atoms with van der Waals surface area (Å²) in [5, 5.41) is 2.99. The molecule has 0 bridgehead atoms. The van der Waals surface area contributed by atoms with Crippen LogP contribution in [0.15, 0.2) is 10.6 Å². The van der Waals surface area contributed by atoms with Crippen LogP contribution >= 0.6 is 0 Å². The quantitative estimate of drug-likeness (QED) is 0.682. The van der Waals surface area contributed by atoms with Gasteiger partial charge < -0.3 is 4.52 Å². The first-order valence-electron chi connectivity index (χ1n) is 4.11. The maximum atomic E-state index is 12.1. The van der Waals surface area contributed by atoms with Crippen LogP contribution in [0.25, 0.3) is 0 Å². The maximum Gasteiger partial charge on any atom is 0.436 e. The van der Waals surface area contributed by atoms with Gasteiger partial charge in [0.2, 0.25) is 0 Å². The zero-order valence-electron chi connectivity index (χ0n) is 6.77. The minimum Gasteiger partial charge on any atom is -0.361 e. The highest BCUT2D eigenvalue weighted by atomic mass is 19.4. The Morgan fingerprint density at radius 2 is 2.08 bits per heavy atom. The van der Waals surface area contributed by atoms with Crippen LogP contribution in [-0.4, -0.2) is 5.16 Å². The molecule has 0 N–H and O–H groups in total. The monoisotopic (exact) mass is 191 g/mol. The van der Waals surface area contributed by atoms with E-state index >= 15 is 0 Å². The second-order valence-electron chi connectivity index (χ2n) is 3.24. The van der Waals surface area contributed by atoms with E-state index in [-0.39, 0.29) is 5.92 Å². The van der Waals surface area contributed by atoms with Gasteiger partial charge in [0.05, 0.1) is 0 Å². The fourth-order valence-electron chi connectivity index (χ4n) is 1.31. The van der Waals surface area contributed by atoms with Gasteiger partial charge in [0.25, 0.3) is 0 Å². The van der Waals surface area contributed by atoms with Crippen LogP contribution in [0.5, 0.6) is 0 Å². The summed E-state index contributed by atoms with van der Waals surface area (Å²) < 4.78 is 40.8. The highest BCUT2D eigenvalue weighted by molar-refractivity contribution is 5.14. The fraction of sp³-hybridized carbons (Fsp3) is 0.625. The average molecular weight is 191 g/mol. The van der Waals surface area contributed by atoms with Gasteiger partial charge in [0.15, 0.2) is 5.69 Å². The van der Waals surface area contributed by atoms with Crippen molar-refractivity contribution in [3.05, 3.63) is 17.5 Å². The summed E-state index contributed by atoms with van der Waals surface area (Å²) in [5.41, 5.74) is -0.922. The topological polar surface area (TPSA) is 26.0 Å². The zero-order valence-corrected chi connectivity index (χ0v) is 6.77. The van der Waals surface area contributed by atoms with E-state index in [1.165, 1.54) is 0 Å². The van der Waals surface area contributed by atoms with Crippen LogP contribution in [0.4, 0.5) is 13.2 Å². The van der Waals surface area contributed by atoms with Gasteiger partial charge >= 0.3 is 6.18 Å². The molecule has 0 aromatic carbocycles. The first-order chi connectivity index (χ1) is 6.07. The molecule has 0 unspecified atom stereocenters. The van der Waals surface area contributed by atoms with Crippen molar-refractivity contribution in [1.29, 1.82) is 0 Å². The third-order valence-electron chi connectivity index (χ3n) is 2.33. The summed E-state index contributed by atoms with van der Waals surface area (Å²) in [7, 11) is 0. The van der Waals surface area contributed by atoms with Crippen LogP contribution in [-0.2, 0) is 6.18 Å². The van der Waals surface area contributed by atoms with Gasteiger partial charge in [-0.1, -0.05) is 11.6 Å². The van der Waals surface area contributed by atoms with Crippen LogP contribution in [0.3, 0.4) is 0 Å². The van der Waals surface area contributed by atoms with Gasteiger partial charge in [0, 0.05) is 12.0 Å². The SMILES string of the molecule is FC(F)(F)c1cc(C2CCC2)on1. The molecule has 1 fully saturated rings. The number of hydrogen-bond donors (Lipinski definition) is 0. The average Bonchev–Trinajstić information content (AvgIpc) is 2.29. The standard InChI is InChI=1S/C8H8F3NO/c9-8(10,11)7-4-6(13-12-7)5-2-1-3-5/h4-5H,1-3H2. The third-order valence-corrected chi connectivity index (χ3v) is 2.33. The highest BCUT2D eigenvalue weighted by Crippen LogP contribution is 2.38. The summed E-state index contributed by atoms with van der Waals surface area (Å²) >= 11 is 0. The van der Waals surface area contributed by atoms with Crippen LogP contribution in [0, 0.1) is 0 Å². The molecule has 2 rings (SSSR count). The molecule has 0 atom stereocenters. The van der Waals surface area contributed by atoms with E-state index in [9.17, 15) is 13.2 Å². The molecule has 1 aliphatic rings. The Labute approximate surface area is 72.7 Å². The van der Waals surface area contributed by atoms with Crippen LogP contribution in [0.1, 0.15) is 36.6 Å². The molecule has 5 heteroatoms. The number of alkyl halides is 3. The van der Waals surface area contributed by atoms with Crippen molar-refractivity contribution in [1.82, 2.24) is 5.16 Å². The van der Waals surface area contributed by atoms with Crippen LogP contribution < -0.4 is 0 Å². The van der Waals surface area contributed by atoms with Gasteiger partial charge in [-0.25, -0.2) is 0 Å². The summed E-state index contributed by atoms with van der Waals surface area (Å²) in [6, 6.07) is 1.00. The molecule has 0 aliphatic heterocycles. The molecule has 1 aromatic rings. The molecule has 2 nitrogen and oxygen atoms in total. The van der Waals surface area contributed by atoms with Crippen molar-refractivity contribution in [2.24, 2.45) is 0 Å². The normalized spacial score (nSPS) is 18.7. The molecule has 1 saturated carbocycles. The molecule has 0 spiro atoms. The lowest BCUT2D eigenvalue weighted by Gasteiger charge is -2.21. The Bertz CT molecular complexity index is 301. The summed E-state index contributed by atoms with van der Waals surface area (Å²) in [6.45, 7) is 0. The van der Waals surface area contributed by atoms with E-state index in [1.54, 1.807) is 0 Å². The third kappa shape index (κ3) is 1.55. The van der Waals surface area contributed by atoms with Crippen molar-refractivity contribution < 1.29 is 17.7 Å². The van der Waals surface area contributed by atoms with E-state index in [4.69, 9.17) is 0 Å². The van der Waals surface area contributed by atoms with Crippen LogP contribution in [0.2, 0.25) is 0 Å². The minimum atomic E-state index is -4.38. The number of hydrogen-bond acceptors (Lipinski definition) is 2. The van der Waals surface area contributed by atoms with E-state index in [0.29, 0.717) is 5.76 Å². The first kappa shape index (κ1) is 8.59. The number of halogens is 3. The van der Waals surface area contributed by atoms with Crippen molar-refractivity contribution in [2.45, 2.75) is 31.4 Å². The number of aromatic nitrogens is 1. The first-order valence-corrected chi connectivity index (χ1v) is 4.11. The lowest BCUT2D eigenvalue weighted by atomic mass is 9.83. The molecule has 0 saturated heterocycles. The van der Waals surface area contributed by atoms with Gasteiger partial charge in [-0.2, -0.15) is 13.2 Å². The maximum absolute atomic E-state index is 12.1. The zero-order chi connectivity index (χ0) is 9.47. The molecule has 1 heterocycles. The molecular weight excluding hydrogens is 183 g/mol. The molecule has 1 aliphatic carbocycles. The largest absolute Gasteiger partial charge is 0.436 e. The Kier molecular flexibility index (Phi) is 1.82. The molecule has 13 heavy (non-hydrogen) atoms. The number of rotatable bonds is 1. The molecule has 0 radical (unpaired) electrons. The van der Waals surface area contributed by atoms with Crippen molar-refractivity contribution >= 4 is 0 Å². The molecule has 1 aromatic heterocycles. The molecular formula is C8H8F3NO. The summed E-state index contributed by atoms with van der Waals surface area (Å²) in [6.07, 6.45) is -1.50. The Hall–Kier alpha value is -1.00. The highest BCUT2D eigenvalue weighted by Gasteiger charge is 2.36. The van der Waals surface area contributed by atoms with Gasteiger partial charge in [0.1, 0.15) is 5.76 Å². The van der Waals surface area contributed by atoms with E-state index in [1.807, 2.05) is 0 Å². The van der Waals surface area contributed by atoms with Crippen molar-refractivity contribution in [2.75, 3.05) is 0 Å². The minimum absolute atomic E-state index is 0.156. The Morgan fingerprint density at radius 1 is 1.38 bits per heavy atom. The van der Waals surface area contributed by atoms with Crippen molar-refractivity contribution in [3.8, 4) is 0 Å². The van der Waals surface area contributed by atoms with E-state index in [0.717, 1.165) is 25.3 Å². The van der Waals surface area contributed by atoms with E-state index < -0.39 is 11.9 Å². The lowest BCUT2D eigenvalue weighted by molar-refractivity contribution is -0.142.